The van der Waals surface area contributed by atoms with E-state index in [4.69, 9.17) is 5.26 Å². The molecule has 0 radical (unpaired) electrons. The second-order valence-electron chi connectivity index (χ2n) is 1.07. The molecule has 0 saturated carbocycles. The Morgan fingerprint density at radius 3 is 1.78 bits per heavy atom. The lowest BCUT2D eigenvalue weighted by atomic mass is 10.8. The Morgan fingerprint density at radius 2 is 1.78 bits per heavy atom. The van der Waals surface area contributed by atoms with E-state index in [2.05, 4.69) is 0 Å². The average molecular weight is 159 g/mol. The molecule has 0 saturated heterocycles. The summed E-state index contributed by atoms with van der Waals surface area (Å²) >= 11 is 0. The Hall–Kier alpha value is -0.770. The van der Waals surface area contributed by atoms with Gasteiger partial charge in [0, 0.05) is 0 Å². The number of hydrogen-bond acceptors (Lipinski definition) is 3. The van der Waals surface area contributed by atoms with Crippen molar-refractivity contribution < 1.29 is 21.1 Å². The van der Waals surface area contributed by atoms with Gasteiger partial charge in [0.25, 0.3) is 0 Å². The van der Waals surface area contributed by atoms with Gasteiger partial charge >= 0.3 is 15.5 Å². The van der Waals surface area contributed by atoms with Gasteiger partial charge < -0.3 is 0 Å². The molecular weight excluding hydrogens is 159 g/mol. The standard InChI is InChI=1S/C2F3NO2S/c3-2(4,1-6)9(5,7)8. The van der Waals surface area contributed by atoms with E-state index >= 15 is 0 Å². The molecule has 0 aromatic heterocycles. The maximum absolute atomic E-state index is 11.3. The first-order valence-electron chi connectivity index (χ1n) is 1.54. The van der Waals surface area contributed by atoms with Gasteiger partial charge in [-0.15, -0.1) is 0 Å². The van der Waals surface area contributed by atoms with Gasteiger partial charge in [-0.05, 0) is 0 Å². The number of nitrogens with zero attached hydrogens (tertiary/aromatic N) is 1. The molecular formula is C2F3NO2S. The van der Waals surface area contributed by atoms with Gasteiger partial charge in [-0.1, -0.05) is 3.89 Å². The summed E-state index contributed by atoms with van der Waals surface area (Å²) < 4.78 is 52.3. The highest BCUT2D eigenvalue weighted by Crippen LogP contribution is 2.21. The Kier molecular flexibility index (Phi) is 1.72. The molecule has 0 heterocycles. The molecule has 0 aromatic carbocycles. The van der Waals surface area contributed by atoms with E-state index in [9.17, 15) is 21.1 Å². The van der Waals surface area contributed by atoms with Crippen molar-refractivity contribution in [2.24, 2.45) is 0 Å². The van der Waals surface area contributed by atoms with Gasteiger partial charge in [0.2, 0.25) is 0 Å². The molecule has 0 aliphatic carbocycles. The summed E-state index contributed by atoms with van der Waals surface area (Å²) in [7, 11) is -6.05. The van der Waals surface area contributed by atoms with Crippen molar-refractivity contribution in [3.05, 3.63) is 0 Å². The number of alkyl halides is 2. The van der Waals surface area contributed by atoms with E-state index < -0.39 is 15.5 Å². The van der Waals surface area contributed by atoms with E-state index in [1.807, 2.05) is 0 Å². The van der Waals surface area contributed by atoms with Crippen LogP contribution in [-0.2, 0) is 10.2 Å². The second kappa shape index (κ2) is 1.88. The van der Waals surface area contributed by atoms with Gasteiger partial charge in [0.15, 0.2) is 6.07 Å². The summed E-state index contributed by atoms with van der Waals surface area (Å²) in [5.41, 5.74) is 0. The van der Waals surface area contributed by atoms with E-state index in [1.165, 1.54) is 0 Å². The van der Waals surface area contributed by atoms with Crippen LogP contribution >= 0.6 is 0 Å². The van der Waals surface area contributed by atoms with Crippen LogP contribution in [0, 0.1) is 11.3 Å². The van der Waals surface area contributed by atoms with Crippen LogP contribution in [0.15, 0.2) is 0 Å². The van der Waals surface area contributed by atoms with Crippen LogP contribution in [0.25, 0.3) is 0 Å². The molecule has 7 heteroatoms. The SMILES string of the molecule is N#CC(F)(F)S(=O)(=O)F. The molecule has 0 unspecified atom stereocenters. The minimum absolute atomic E-state index is 0.0150. The first-order valence-corrected chi connectivity index (χ1v) is 2.93. The van der Waals surface area contributed by atoms with Crippen molar-refractivity contribution >= 4 is 10.2 Å². The van der Waals surface area contributed by atoms with Crippen LogP contribution in [0.4, 0.5) is 12.7 Å². The lowest BCUT2D eigenvalue weighted by molar-refractivity contribution is 0.148. The minimum Gasteiger partial charge on any atom is -0.190 e. The van der Waals surface area contributed by atoms with Crippen molar-refractivity contribution in [1.29, 1.82) is 5.26 Å². The fourth-order valence-corrected chi connectivity index (χ4v) is 0.164. The van der Waals surface area contributed by atoms with Gasteiger partial charge in [-0.2, -0.15) is 22.5 Å². The third-order valence-electron chi connectivity index (χ3n) is 0.436. The Morgan fingerprint density at radius 1 is 1.44 bits per heavy atom. The lowest BCUT2D eigenvalue weighted by Gasteiger charge is -1.97. The first-order chi connectivity index (χ1) is 3.81. The minimum atomic E-state index is -6.05. The highest BCUT2D eigenvalue weighted by Gasteiger charge is 2.46. The van der Waals surface area contributed by atoms with Crippen LogP contribution < -0.4 is 0 Å². The molecule has 3 nitrogen and oxygen atoms in total. The van der Waals surface area contributed by atoms with Crippen molar-refractivity contribution in [2.75, 3.05) is 0 Å². The fraction of sp³-hybridized carbons (Fsp3) is 0.500. The number of nitriles is 1. The number of rotatable bonds is 1. The third kappa shape index (κ3) is 1.57. The zero-order chi connectivity index (χ0) is 7.71. The molecule has 0 aliphatic rings. The summed E-state index contributed by atoms with van der Waals surface area (Å²) in [5, 5.41) is 2.40. The van der Waals surface area contributed by atoms with Crippen LogP contribution in [0.1, 0.15) is 0 Å². The maximum Gasteiger partial charge on any atom is 0.461 e. The van der Waals surface area contributed by atoms with Crippen molar-refractivity contribution in [2.45, 2.75) is 5.25 Å². The van der Waals surface area contributed by atoms with E-state index in [-0.39, 0.29) is 6.07 Å². The maximum atomic E-state index is 11.3. The second-order valence-corrected chi connectivity index (χ2v) is 2.45. The smallest absolute Gasteiger partial charge is 0.190 e. The molecule has 0 atom stereocenters. The van der Waals surface area contributed by atoms with Gasteiger partial charge in [0.05, 0.1) is 0 Å². The van der Waals surface area contributed by atoms with Crippen molar-refractivity contribution in [1.82, 2.24) is 0 Å². The predicted molar refractivity (Wildman–Crippen MR) is 20.6 cm³/mol. The zero-order valence-electron chi connectivity index (χ0n) is 3.81. The highest BCUT2D eigenvalue weighted by atomic mass is 32.3. The summed E-state index contributed by atoms with van der Waals surface area (Å²) in [6.45, 7) is 0. The Balaban J connectivity index is 4.85. The molecule has 9 heavy (non-hydrogen) atoms. The molecule has 0 aromatic rings. The molecule has 0 fully saturated rings. The molecule has 0 N–H and O–H groups in total. The normalized spacial score (nSPS) is 12.7. The summed E-state index contributed by atoms with van der Waals surface area (Å²) in [6, 6.07) is -0.0150. The van der Waals surface area contributed by atoms with E-state index in [0.717, 1.165) is 0 Å². The Labute approximate surface area is 48.9 Å². The number of hydrogen-bond donors (Lipinski definition) is 0. The van der Waals surface area contributed by atoms with Gasteiger partial charge in [-0.25, -0.2) is 0 Å². The molecule has 0 amide bonds. The molecule has 0 rings (SSSR count). The van der Waals surface area contributed by atoms with Crippen LogP contribution in [0.2, 0.25) is 0 Å². The Bertz CT molecular complexity index is 237. The molecule has 0 aliphatic heterocycles. The predicted octanol–water partition coefficient (Wildman–Crippen LogP) is 0.402. The number of halogens is 3. The fourth-order valence-electron chi connectivity index (χ4n) is 0.0545. The highest BCUT2D eigenvalue weighted by molar-refractivity contribution is 7.87. The largest absolute Gasteiger partial charge is 0.461 e. The zero-order valence-corrected chi connectivity index (χ0v) is 4.62. The first kappa shape index (κ1) is 8.23. The van der Waals surface area contributed by atoms with Crippen molar-refractivity contribution in [3.63, 3.8) is 0 Å². The summed E-state index contributed by atoms with van der Waals surface area (Å²) in [6.07, 6.45) is 0. The van der Waals surface area contributed by atoms with E-state index in [0.29, 0.717) is 0 Å². The van der Waals surface area contributed by atoms with Crippen LogP contribution in [0.3, 0.4) is 0 Å². The topological polar surface area (TPSA) is 57.9 Å². The quantitative estimate of drug-likeness (QED) is 0.520. The average Bonchev–Trinajstić information content (AvgIpc) is 1.64. The van der Waals surface area contributed by atoms with Crippen LogP contribution in [0.5, 0.6) is 0 Å². The van der Waals surface area contributed by atoms with Gasteiger partial charge in [0.1, 0.15) is 0 Å². The van der Waals surface area contributed by atoms with Crippen molar-refractivity contribution in [3.8, 4) is 6.07 Å². The monoisotopic (exact) mass is 159 g/mol. The molecule has 0 bridgehead atoms. The van der Waals surface area contributed by atoms with E-state index in [1.54, 1.807) is 0 Å². The molecule has 0 spiro atoms. The van der Waals surface area contributed by atoms with Crippen LogP contribution in [-0.4, -0.2) is 13.7 Å². The summed E-state index contributed by atoms with van der Waals surface area (Å²) in [5.74, 6) is 0. The summed E-state index contributed by atoms with van der Waals surface area (Å²) in [4.78, 5) is 0. The molecule has 52 valence electrons. The lowest BCUT2D eigenvalue weighted by Crippen LogP contribution is -2.21. The van der Waals surface area contributed by atoms with Gasteiger partial charge in [-0.3, -0.25) is 0 Å². The third-order valence-corrected chi connectivity index (χ3v) is 1.14.